The molecule has 0 saturated carbocycles. The Labute approximate surface area is 162 Å². The third-order valence-electron chi connectivity index (χ3n) is 4.91. The highest BCUT2D eigenvalue weighted by Gasteiger charge is 2.33. The predicted octanol–water partition coefficient (Wildman–Crippen LogP) is 2.03. The summed E-state index contributed by atoms with van der Waals surface area (Å²) in [6, 6.07) is 6.42. The Balaban J connectivity index is 1.48. The van der Waals surface area contributed by atoms with Gasteiger partial charge in [0.15, 0.2) is 5.76 Å². The number of aromatic amines is 1. The standard InChI is InChI=1S/C18H20N4O5S/c1-12-13(2)20-27-17(12)15-5-6-16(26-15)28(24,25)22-10-8-21(9-11-22)18(23)14-4-3-7-19-14/h3-7,19H,8-11H2,1-2H3. The molecule has 148 valence electrons. The minimum Gasteiger partial charge on any atom is -0.440 e. The highest BCUT2D eigenvalue weighted by molar-refractivity contribution is 7.89. The number of H-pyrrole nitrogens is 1. The Hall–Kier alpha value is -2.85. The zero-order chi connectivity index (χ0) is 19.9. The van der Waals surface area contributed by atoms with Crippen LogP contribution in [0.4, 0.5) is 0 Å². The van der Waals surface area contributed by atoms with Crippen LogP contribution < -0.4 is 0 Å². The van der Waals surface area contributed by atoms with E-state index in [2.05, 4.69) is 10.1 Å². The van der Waals surface area contributed by atoms with E-state index in [1.54, 1.807) is 36.2 Å². The van der Waals surface area contributed by atoms with Crippen molar-refractivity contribution in [3.63, 3.8) is 0 Å². The van der Waals surface area contributed by atoms with Crippen LogP contribution >= 0.6 is 0 Å². The summed E-state index contributed by atoms with van der Waals surface area (Å²) < 4.78 is 37.9. The van der Waals surface area contributed by atoms with Crippen LogP contribution in [0.15, 0.2) is 44.5 Å². The second kappa shape index (κ2) is 6.95. The van der Waals surface area contributed by atoms with E-state index < -0.39 is 10.0 Å². The first kappa shape index (κ1) is 18.5. The second-order valence-electron chi connectivity index (χ2n) is 6.62. The Morgan fingerprint density at radius 3 is 2.50 bits per heavy atom. The molecule has 1 aliphatic rings. The number of amides is 1. The first-order valence-electron chi connectivity index (χ1n) is 8.84. The van der Waals surface area contributed by atoms with Gasteiger partial charge in [-0.05, 0) is 38.1 Å². The van der Waals surface area contributed by atoms with Gasteiger partial charge in [0.05, 0.1) is 5.69 Å². The summed E-state index contributed by atoms with van der Waals surface area (Å²) in [5.41, 5.74) is 2.01. The molecule has 0 atom stereocenters. The van der Waals surface area contributed by atoms with E-state index >= 15 is 0 Å². The molecule has 0 spiro atoms. The predicted molar refractivity (Wildman–Crippen MR) is 99.1 cm³/mol. The van der Waals surface area contributed by atoms with E-state index in [1.165, 1.54) is 10.4 Å². The number of nitrogens with one attached hydrogen (secondary N) is 1. The molecule has 0 bridgehead atoms. The average molecular weight is 404 g/mol. The Morgan fingerprint density at radius 1 is 1.14 bits per heavy atom. The molecule has 1 N–H and O–H groups in total. The van der Waals surface area contributed by atoms with E-state index in [4.69, 9.17) is 8.94 Å². The zero-order valence-corrected chi connectivity index (χ0v) is 16.3. The number of aromatic nitrogens is 2. The lowest BCUT2D eigenvalue weighted by atomic mass is 10.2. The SMILES string of the molecule is Cc1noc(-c2ccc(S(=O)(=O)N3CCN(C(=O)c4ccc[nH]4)CC3)o2)c1C. The number of carbonyl (C=O) groups is 1. The van der Waals surface area contributed by atoms with E-state index in [-0.39, 0.29) is 24.1 Å². The van der Waals surface area contributed by atoms with Crippen LogP contribution in [0.2, 0.25) is 0 Å². The van der Waals surface area contributed by atoms with Crippen molar-refractivity contribution in [3.05, 3.63) is 47.4 Å². The van der Waals surface area contributed by atoms with Crippen molar-refractivity contribution in [1.82, 2.24) is 19.3 Å². The van der Waals surface area contributed by atoms with Gasteiger partial charge in [0.1, 0.15) is 5.69 Å². The van der Waals surface area contributed by atoms with Crippen LogP contribution in [0.25, 0.3) is 11.5 Å². The quantitative estimate of drug-likeness (QED) is 0.712. The Bertz CT molecular complexity index is 1090. The van der Waals surface area contributed by atoms with Gasteiger partial charge in [-0.3, -0.25) is 4.79 Å². The zero-order valence-electron chi connectivity index (χ0n) is 15.5. The molecule has 0 aromatic carbocycles. The van der Waals surface area contributed by atoms with Crippen molar-refractivity contribution in [2.45, 2.75) is 18.9 Å². The lowest BCUT2D eigenvalue weighted by molar-refractivity contribution is 0.0692. The van der Waals surface area contributed by atoms with Gasteiger partial charge in [-0.1, -0.05) is 5.16 Å². The summed E-state index contributed by atoms with van der Waals surface area (Å²) >= 11 is 0. The van der Waals surface area contributed by atoms with Crippen LogP contribution in [0.3, 0.4) is 0 Å². The maximum absolute atomic E-state index is 12.9. The van der Waals surface area contributed by atoms with Gasteiger partial charge in [-0.2, -0.15) is 4.31 Å². The largest absolute Gasteiger partial charge is 0.440 e. The van der Waals surface area contributed by atoms with Gasteiger partial charge in [0.2, 0.25) is 10.9 Å². The number of furan rings is 1. The molecule has 0 aliphatic carbocycles. The number of piperazine rings is 1. The molecule has 1 amide bonds. The summed E-state index contributed by atoms with van der Waals surface area (Å²) in [4.78, 5) is 16.9. The second-order valence-corrected chi connectivity index (χ2v) is 8.49. The number of aryl methyl sites for hydroxylation is 1. The highest BCUT2D eigenvalue weighted by atomic mass is 32.2. The van der Waals surface area contributed by atoms with Crippen LogP contribution in [0, 0.1) is 13.8 Å². The molecule has 9 nitrogen and oxygen atoms in total. The van der Waals surface area contributed by atoms with Gasteiger partial charge in [-0.25, -0.2) is 8.42 Å². The van der Waals surface area contributed by atoms with Gasteiger partial charge < -0.3 is 18.8 Å². The van der Waals surface area contributed by atoms with Gasteiger partial charge in [0.25, 0.3) is 15.9 Å². The van der Waals surface area contributed by atoms with Crippen molar-refractivity contribution >= 4 is 15.9 Å². The smallest absolute Gasteiger partial charge is 0.276 e. The third-order valence-corrected chi connectivity index (χ3v) is 6.68. The molecular formula is C18H20N4O5S. The fourth-order valence-corrected chi connectivity index (χ4v) is 4.45. The monoisotopic (exact) mass is 404 g/mol. The third kappa shape index (κ3) is 3.14. The molecule has 0 radical (unpaired) electrons. The van der Waals surface area contributed by atoms with Crippen molar-refractivity contribution in [3.8, 4) is 11.5 Å². The van der Waals surface area contributed by atoms with Gasteiger partial charge >= 0.3 is 0 Å². The minimum absolute atomic E-state index is 0.140. The molecule has 3 aromatic heterocycles. The maximum Gasteiger partial charge on any atom is 0.276 e. The summed E-state index contributed by atoms with van der Waals surface area (Å²) in [6.07, 6.45) is 1.68. The van der Waals surface area contributed by atoms with E-state index in [0.29, 0.717) is 30.3 Å². The van der Waals surface area contributed by atoms with Gasteiger partial charge in [-0.15, -0.1) is 0 Å². The molecular weight excluding hydrogens is 384 g/mol. The summed E-state index contributed by atoms with van der Waals surface area (Å²) in [5, 5.41) is 3.71. The molecule has 1 aliphatic heterocycles. The van der Waals surface area contributed by atoms with Crippen molar-refractivity contribution in [2.75, 3.05) is 26.2 Å². The fraction of sp³-hybridized carbons (Fsp3) is 0.333. The lowest BCUT2D eigenvalue weighted by Crippen LogP contribution is -2.50. The van der Waals surface area contributed by atoms with E-state index in [0.717, 1.165) is 11.3 Å². The molecule has 3 aromatic rings. The minimum atomic E-state index is -3.80. The van der Waals surface area contributed by atoms with E-state index in [1.807, 2.05) is 6.92 Å². The van der Waals surface area contributed by atoms with Crippen molar-refractivity contribution in [1.29, 1.82) is 0 Å². The molecule has 1 fully saturated rings. The van der Waals surface area contributed by atoms with Crippen LogP contribution in [0.1, 0.15) is 21.7 Å². The molecule has 0 unspecified atom stereocenters. The molecule has 4 rings (SSSR count). The topological polar surface area (TPSA) is 113 Å². The number of hydrogen-bond acceptors (Lipinski definition) is 6. The number of carbonyl (C=O) groups excluding carboxylic acids is 1. The Morgan fingerprint density at radius 2 is 1.89 bits per heavy atom. The van der Waals surface area contributed by atoms with Crippen LogP contribution in [-0.2, 0) is 10.0 Å². The molecule has 10 heteroatoms. The van der Waals surface area contributed by atoms with Crippen molar-refractivity contribution < 1.29 is 22.2 Å². The maximum atomic E-state index is 12.9. The first-order valence-corrected chi connectivity index (χ1v) is 10.3. The van der Waals surface area contributed by atoms with Gasteiger partial charge in [0, 0.05) is 37.9 Å². The summed E-state index contributed by atoms with van der Waals surface area (Å²) in [6.45, 7) is 4.65. The number of rotatable bonds is 4. The van der Waals surface area contributed by atoms with Crippen LogP contribution in [-0.4, -0.2) is 59.8 Å². The normalized spacial score (nSPS) is 15.9. The Kier molecular flexibility index (Phi) is 4.60. The molecule has 4 heterocycles. The fourth-order valence-electron chi connectivity index (χ4n) is 3.12. The van der Waals surface area contributed by atoms with E-state index in [9.17, 15) is 13.2 Å². The number of nitrogens with zero attached hydrogens (tertiary/aromatic N) is 3. The first-order chi connectivity index (χ1) is 13.4. The summed E-state index contributed by atoms with van der Waals surface area (Å²) in [5.74, 6) is 0.594. The highest BCUT2D eigenvalue weighted by Crippen LogP contribution is 2.30. The number of hydrogen-bond donors (Lipinski definition) is 1. The lowest BCUT2D eigenvalue weighted by Gasteiger charge is -2.33. The molecule has 1 saturated heterocycles. The van der Waals surface area contributed by atoms with Crippen LogP contribution in [0.5, 0.6) is 0 Å². The number of sulfonamides is 1. The molecule has 28 heavy (non-hydrogen) atoms. The summed E-state index contributed by atoms with van der Waals surface area (Å²) in [7, 11) is -3.80. The van der Waals surface area contributed by atoms with Crippen molar-refractivity contribution in [2.24, 2.45) is 0 Å². The average Bonchev–Trinajstić information content (AvgIpc) is 3.44.